The summed E-state index contributed by atoms with van der Waals surface area (Å²) in [5.74, 6) is -0.0727. The van der Waals surface area contributed by atoms with Gasteiger partial charge in [0.2, 0.25) is 0 Å². The van der Waals surface area contributed by atoms with Crippen LogP contribution < -0.4 is 0 Å². The summed E-state index contributed by atoms with van der Waals surface area (Å²) in [5.41, 5.74) is 1.83. The summed E-state index contributed by atoms with van der Waals surface area (Å²) >= 11 is 0. The van der Waals surface area contributed by atoms with Crippen LogP contribution in [0.2, 0.25) is 0 Å². The van der Waals surface area contributed by atoms with E-state index in [1.165, 1.54) is 0 Å². The lowest BCUT2D eigenvalue weighted by atomic mass is 9.71. The van der Waals surface area contributed by atoms with Crippen molar-refractivity contribution in [1.29, 1.82) is 0 Å². The molecule has 0 atom stereocenters. The summed E-state index contributed by atoms with van der Waals surface area (Å²) in [4.78, 5) is 37.5. The van der Waals surface area contributed by atoms with Gasteiger partial charge in [-0.25, -0.2) is 4.79 Å². The number of nitrogens with zero attached hydrogens (tertiary/aromatic N) is 1. The van der Waals surface area contributed by atoms with Crippen molar-refractivity contribution in [1.82, 2.24) is 4.90 Å². The highest BCUT2D eigenvalue weighted by Crippen LogP contribution is 2.38. The largest absolute Gasteiger partial charge is 0.505 e. The highest BCUT2D eigenvalue weighted by Gasteiger charge is 2.36. The molecule has 1 rings (SSSR count). The highest BCUT2D eigenvalue weighted by atomic mass is 16.7. The fraction of sp³-hybridized carbons (Fsp3) is 0.632. The Bertz CT molecular complexity index is 628. The van der Waals surface area contributed by atoms with Crippen LogP contribution >= 0.6 is 0 Å². The van der Waals surface area contributed by atoms with Gasteiger partial charge >= 0.3 is 6.16 Å². The molecule has 0 heterocycles. The van der Waals surface area contributed by atoms with E-state index in [9.17, 15) is 14.4 Å². The van der Waals surface area contributed by atoms with Crippen molar-refractivity contribution >= 4 is 17.7 Å². The van der Waals surface area contributed by atoms with Crippen LogP contribution in [0.25, 0.3) is 0 Å². The smallest absolute Gasteiger partial charge is 0.450 e. The molecule has 0 saturated heterocycles. The summed E-state index contributed by atoms with van der Waals surface area (Å²) in [5, 5.41) is 8.44. The van der Waals surface area contributed by atoms with Crippen molar-refractivity contribution in [3.05, 3.63) is 22.3 Å². The van der Waals surface area contributed by atoms with E-state index in [2.05, 4.69) is 9.64 Å². The molecular weight excluding hydrogens is 322 g/mol. The molecule has 0 unspecified atom stereocenters. The summed E-state index contributed by atoms with van der Waals surface area (Å²) in [7, 11) is 1.95. The second-order valence-corrected chi connectivity index (χ2v) is 7.31. The summed E-state index contributed by atoms with van der Waals surface area (Å²) in [6.07, 6.45) is 0.0791. The van der Waals surface area contributed by atoms with Crippen molar-refractivity contribution in [2.75, 3.05) is 26.7 Å². The number of ether oxygens (including phenoxy) is 1. The van der Waals surface area contributed by atoms with E-state index in [0.717, 1.165) is 13.0 Å². The molecule has 6 heteroatoms. The van der Waals surface area contributed by atoms with Crippen molar-refractivity contribution in [2.45, 2.75) is 47.5 Å². The first-order valence-corrected chi connectivity index (χ1v) is 8.51. The fourth-order valence-electron chi connectivity index (χ4n) is 3.11. The molecule has 0 aromatic rings. The Morgan fingerprint density at radius 1 is 1.04 bits per heavy atom. The Morgan fingerprint density at radius 2 is 1.60 bits per heavy atom. The maximum atomic E-state index is 12.7. The second-order valence-electron chi connectivity index (χ2n) is 7.31. The van der Waals surface area contributed by atoms with Crippen LogP contribution in [0.4, 0.5) is 4.79 Å². The first kappa shape index (κ1) is 21.1. The fourth-order valence-corrected chi connectivity index (χ4v) is 3.11. The van der Waals surface area contributed by atoms with Gasteiger partial charge in [-0.1, -0.05) is 13.8 Å². The number of hydrogen-bond acceptors (Lipinski definition) is 5. The molecule has 0 aromatic heterocycles. The SMILES string of the molecule is CC1=C(C)C(=O)C(C(C)(C)CCN(C)CCCOC(=O)O)=C(C)C1=O. The number of hydrogen-bond donors (Lipinski definition) is 1. The Hall–Kier alpha value is -1.95. The number of allylic oxidation sites excluding steroid dienone is 4. The standard InChI is InChI=1S/C19H29NO5/c1-12-13(2)17(22)15(14(3)16(12)21)19(4,5)8-10-20(6)9-7-11-25-18(23)24/h7-11H2,1-6H3,(H,23,24). The van der Waals surface area contributed by atoms with Crippen LogP contribution in [0.15, 0.2) is 22.3 Å². The Labute approximate surface area is 149 Å². The van der Waals surface area contributed by atoms with Gasteiger partial charge in [0.05, 0.1) is 6.61 Å². The summed E-state index contributed by atoms with van der Waals surface area (Å²) in [6, 6.07) is 0. The third-order valence-corrected chi connectivity index (χ3v) is 4.89. The van der Waals surface area contributed by atoms with Gasteiger partial charge in [-0.05, 0) is 52.6 Å². The number of rotatable bonds is 8. The summed E-state index contributed by atoms with van der Waals surface area (Å²) < 4.78 is 4.49. The Balaban J connectivity index is 2.70. The molecule has 0 amide bonds. The monoisotopic (exact) mass is 351 g/mol. The number of ketones is 2. The van der Waals surface area contributed by atoms with Gasteiger partial charge in [-0.3, -0.25) is 9.59 Å². The van der Waals surface area contributed by atoms with E-state index < -0.39 is 11.6 Å². The first-order chi connectivity index (χ1) is 11.5. The molecule has 0 spiro atoms. The van der Waals surface area contributed by atoms with E-state index in [1.54, 1.807) is 20.8 Å². The number of Topliss-reactive ketones (excluding diaryl/α,β-unsaturated/α-hetero) is 2. The van der Waals surface area contributed by atoms with E-state index in [4.69, 9.17) is 5.11 Å². The van der Waals surface area contributed by atoms with E-state index in [0.29, 0.717) is 35.3 Å². The average molecular weight is 351 g/mol. The van der Waals surface area contributed by atoms with Crippen LogP contribution in [-0.2, 0) is 14.3 Å². The zero-order valence-corrected chi connectivity index (χ0v) is 16.1. The zero-order chi connectivity index (χ0) is 19.4. The molecule has 6 nitrogen and oxygen atoms in total. The Morgan fingerprint density at radius 3 is 2.16 bits per heavy atom. The lowest BCUT2D eigenvalue weighted by Gasteiger charge is -2.33. The maximum Gasteiger partial charge on any atom is 0.505 e. The topological polar surface area (TPSA) is 83.9 Å². The minimum Gasteiger partial charge on any atom is -0.450 e. The molecule has 0 bridgehead atoms. The minimum absolute atomic E-state index is 0.0305. The molecule has 0 aromatic carbocycles. The van der Waals surface area contributed by atoms with Gasteiger partial charge in [0, 0.05) is 28.8 Å². The maximum absolute atomic E-state index is 12.7. The normalized spacial score (nSPS) is 16.1. The van der Waals surface area contributed by atoms with Crippen LogP contribution in [0, 0.1) is 5.41 Å². The molecule has 1 aliphatic carbocycles. The van der Waals surface area contributed by atoms with E-state index in [-0.39, 0.29) is 18.2 Å². The van der Waals surface area contributed by atoms with Gasteiger partial charge in [-0.15, -0.1) is 0 Å². The lowest BCUT2D eigenvalue weighted by molar-refractivity contribution is -0.117. The average Bonchev–Trinajstić information content (AvgIpc) is 2.53. The summed E-state index contributed by atoms with van der Waals surface area (Å²) in [6.45, 7) is 10.7. The molecule has 0 saturated carbocycles. The van der Waals surface area contributed by atoms with Crippen molar-refractivity contribution in [2.24, 2.45) is 5.41 Å². The van der Waals surface area contributed by atoms with Gasteiger partial charge < -0.3 is 14.7 Å². The molecule has 0 aliphatic heterocycles. The van der Waals surface area contributed by atoms with Crippen molar-refractivity contribution in [3.8, 4) is 0 Å². The first-order valence-electron chi connectivity index (χ1n) is 8.51. The number of carbonyl (C=O) groups is 3. The zero-order valence-electron chi connectivity index (χ0n) is 16.1. The van der Waals surface area contributed by atoms with Gasteiger partial charge in [0.1, 0.15) is 0 Å². The molecule has 140 valence electrons. The predicted octanol–water partition coefficient (Wildman–Crippen LogP) is 3.22. The Kier molecular flexibility index (Phi) is 7.11. The second kappa shape index (κ2) is 8.43. The van der Waals surface area contributed by atoms with Gasteiger partial charge in [0.25, 0.3) is 0 Å². The van der Waals surface area contributed by atoms with Gasteiger partial charge in [0.15, 0.2) is 11.6 Å². The van der Waals surface area contributed by atoms with Crippen LogP contribution in [0.3, 0.4) is 0 Å². The lowest BCUT2D eigenvalue weighted by Crippen LogP contribution is -2.33. The van der Waals surface area contributed by atoms with Crippen molar-refractivity contribution < 1.29 is 24.2 Å². The quantitative estimate of drug-likeness (QED) is 0.411. The third kappa shape index (κ3) is 5.26. The number of carboxylic acid groups (broad SMARTS) is 1. The van der Waals surface area contributed by atoms with Crippen LogP contribution in [-0.4, -0.2) is 54.5 Å². The van der Waals surface area contributed by atoms with E-state index >= 15 is 0 Å². The molecule has 25 heavy (non-hydrogen) atoms. The molecule has 1 N–H and O–H groups in total. The predicted molar refractivity (Wildman–Crippen MR) is 95.6 cm³/mol. The molecule has 0 fully saturated rings. The third-order valence-electron chi connectivity index (χ3n) is 4.89. The van der Waals surface area contributed by atoms with Crippen LogP contribution in [0.1, 0.15) is 47.5 Å². The van der Waals surface area contributed by atoms with E-state index in [1.807, 2.05) is 20.9 Å². The molecular formula is C19H29NO5. The van der Waals surface area contributed by atoms with Gasteiger partial charge in [-0.2, -0.15) is 0 Å². The highest BCUT2D eigenvalue weighted by molar-refractivity contribution is 6.25. The van der Waals surface area contributed by atoms with Crippen LogP contribution in [0.5, 0.6) is 0 Å². The minimum atomic E-state index is -1.26. The van der Waals surface area contributed by atoms with Crippen molar-refractivity contribution in [3.63, 3.8) is 0 Å². The molecule has 0 radical (unpaired) electrons. The molecule has 1 aliphatic rings. The number of carbonyl (C=O) groups excluding carboxylic acids is 2.